The van der Waals surface area contributed by atoms with Crippen molar-refractivity contribution in [1.29, 1.82) is 0 Å². The molecule has 1 N–H and O–H groups in total. The van der Waals surface area contributed by atoms with Gasteiger partial charge in [0, 0.05) is 19.6 Å². The molecule has 1 amide bonds. The lowest BCUT2D eigenvalue weighted by atomic mass is 9.92. The zero-order valence-corrected chi connectivity index (χ0v) is 8.66. The van der Waals surface area contributed by atoms with E-state index < -0.39 is 0 Å². The monoisotopic (exact) mass is 198 g/mol. The van der Waals surface area contributed by atoms with Gasteiger partial charge in [-0.2, -0.15) is 0 Å². The van der Waals surface area contributed by atoms with Gasteiger partial charge in [0.05, 0.1) is 12.6 Å². The van der Waals surface area contributed by atoms with Crippen molar-refractivity contribution in [2.45, 2.75) is 25.8 Å². The van der Waals surface area contributed by atoms with Gasteiger partial charge in [-0.3, -0.25) is 0 Å². The van der Waals surface area contributed by atoms with E-state index in [9.17, 15) is 4.79 Å². The summed E-state index contributed by atoms with van der Waals surface area (Å²) in [6.45, 7) is 5.18. The van der Waals surface area contributed by atoms with Gasteiger partial charge in [-0.05, 0) is 25.7 Å². The zero-order chi connectivity index (χ0) is 9.97. The number of ether oxygens (including phenoxy) is 1. The number of carbonyl (C=O) groups excluding carboxylic acids is 1. The van der Waals surface area contributed by atoms with Gasteiger partial charge in [-0.25, -0.2) is 4.79 Å². The van der Waals surface area contributed by atoms with E-state index in [1.54, 1.807) is 0 Å². The van der Waals surface area contributed by atoms with E-state index in [1.165, 1.54) is 6.42 Å². The first-order valence-electron chi connectivity index (χ1n) is 5.47. The third-order valence-electron chi connectivity index (χ3n) is 3.18. The van der Waals surface area contributed by atoms with Crippen LogP contribution in [-0.4, -0.2) is 43.3 Å². The first kappa shape index (κ1) is 9.77. The minimum Gasteiger partial charge on any atom is -0.450 e. The number of nitrogens with one attached hydrogen (secondary N) is 1. The van der Waals surface area contributed by atoms with E-state index in [0.29, 0.717) is 18.6 Å². The van der Waals surface area contributed by atoms with Crippen LogP contribution in [0.5, 0.6) is 0 Å². The van der Waals surface area contributed by atoms with E-state index in [2.05, 4.69) is 5.32 Å². The third kappa shape index (κ3) is 1.71. The first-order chi connectivity index (χ1) is 6.83. The summed E-state index contributed by atoms with van der Waals surface area (Å²) in [6.07, 6.45) is 2.22. The smallest absolute Gasteiger partial charge is 0.410 e. The van der Waals surface area contributed by atoms with Gasteiger partial charge in [0.15, 0.2) is 0 Å². The minimum atomic E-state index is -0.133. The fraction of sp³-hybridized carbons (Fsp3) is 0.900. The topological polar surface area (TPSA) is 41.6 Å². The number of rotatable bonds is 1. The van der Waals surface area contributed by atoms with Gasteiger partial charge in [0.2, 0.25) is 0 Å². The molecule has 0 spiro atoms. The normalized spacial score (nSPS) is 31.4. The number of amides is 1. The molecule has 2 aliphatic heterocycles. The Morgan fingerprint density at radius 2 is 2.43 bits per heavy atom. The van der Waals surface area contributed by atoms with Crippen molar-refractivity contribution in [1.82, 2.24) is 10.2 Å². The Balaban J connectivity index is 1.99. The summed E-state index contributed by atoms with van der Waals surface area (Å²) in [5.74, 6) is 0.646. The van der Waals surface area contributed by atoms with Gasteiger partial charge in [0.25, 0.3) is 0 Å². The largest absolute Gasteiger partial charge is 0.450 e. The van der Waals surface area contributed by atoms with Crippen LogP contribution in [0.2, 0.25) is 0 Å². The quantitative estimate of drug-likeness (QED) is 0.678. The SMILES string of the molecule is CCOC(=O)N1CCC[C@@H]2CNC[C@@H]21. The summed E-state index contributed by atoms with van der Waals surface area (Å²) in [5, 5.41) is 3.34. The predicted molar refractivity (Wildman–Crippen MR) is 53.1 cm³/mol. The van der Waals surface area contributed by atoms with E-state index in [4.69, 9.17) is 4.74 Å². The lowest BCUT2D eigenvalue weighted by Gasteiger charge is -2.35. The molecule has 0 unspecified atom stereocenters. The first-order valence-corrected chi connectivity index (χ1v) is 5.47. The van der Waals surface area contributed by atoms with Crippen molar-refractivity contribution in [3.63, 3.8) is 0 Å². The van der Waals surface area contributed by atoms with Gasteiger partial charge in [-0.1, -0.05) is 0 Å². The Morgan fingerprint density at radius 3 is 3.21 bits per heavy atom. The Labute approximate surface area is 84.6 Å². The summed E-state index contributed by atoms with van der Waals surface area (Å²) in [4.78, 5) is 13.5. The molecule has 2 atom stereocenters. The maximum Gasteiger partial charge on any atom is 0.410 e. The molecule has 0 aromatic rings. The van der Waals surface area contributed by atoms with Crippen LogP contribution in [-0.2, 0) is 4.74 Å². The van der Waals surface area contributed by atoms with Gasteiger partial charge >= 0.3 is 6.09 Å². The number of hydrogen-bond donors (Lipinski definition) is 1. The number of carbonyl (C=O) groups is 1. The summed E-state index contributed by atoms with van der Waals surface area (Å²) < 4.78 is 5.05. The second kappa shape index (κ2) is 4.17. The molecule has 0 aromatic heterocycles. The van der Waals surface area contributed by atoms with Crippen LogP contribution in [0.15, 0.2) is 0 Å². The van der Waals surface area contributed by atoms with Gasteiger partial charge < -0.3 is 15.0 Å². The molecule has 0 aromatic carbocycles. The second-order valence-electron chi connectivity index (χ2n) is 4.02. The van der Waals surface area contributed by atoms with Crippen molar-refractivity contribution in [3.05, 3.63) is 0 Å². The highest BCUT2D eigenvalue weighted by Crippen LogP contribution is 2.26. The lowest BCUT2D eigenvalue weighted by molar-refractivity contribution is 0.0694. The van der Waals surface area contributed by atoms with Crippen LogP contribution in [0.1, 0.15) is 19.8 Å². The van der Waals surface area contributed by atoms with Gasteiger partial charge in [0.1, 0.15) is 0 Å². The molecule has 0 bridgehead atoms. The highest BCUT2D eigenvalue weighted by molar-refractivity contribution is 5.68. The van der Waals surface area contributed by atoms with Crippen molar-refractivity contribution in [3.8, 4) is 0 Å². The maximum absolute atomic E-state index is 11.6. The second-order valence-corrected chi connectivity index (χ2v) is 4.02. The van der Waals surface area contributed by atoms with E-state index in [-0.39, 0.29) is 6.09 Å². The van der Waals surface area contributed by atoms with E-state index in [0.717, 1.165) is 26.1 Å². The third-order valence-corrected chi connectivity index (χ3v) is 3.18. The Bertz CT molecular complexity index is 220. The van der Waals surface area contributed by atoms with E-state index in [1.807, 2.05) is 11.8 Å². The highest BCUT2D eigenvalue weighted by atomic mass is 16.6. The summed E-state index contributed by atoms with van der Waals surface area (Å²) in [6, 6.07) is 0.378. The molecule has 2 saturated heterocycles. The van der Waals surface area contributed by atoms with Crippen LogP contribution < -0.4 is 5.32 Å². The van der Waals surface area contributed by atoms with Crippen molar-refractivity contribution < 1.29 is 9.53 Å². The molecule has 2 fully saturated rings. The Kier molecular flexibility index (Phi) is 2.91. The molecule has 0 radical (unpaired) electrons. The van der Waals surface area contributed by atoms with E-state index >= 15 is 0 Å². The average molecular weight is 198 g/mol. The van der Waals surface area contributed by atoms with Crippen LogP contribution in [0, 0.1) is 5.92 Å². The summed E-state index contributed by atoms with van der Waals surface area (Å²) in [7, 11) is 0. The molecule has 2 rings (SSSR count). The van der Waals surface area contributed by atoms with Gasteiger partial charge in [-0.15, -0.1) is 0 Å². The molecule has 2 heterocycles. The highest BCUT2D eigenvalue weighted by Gasteiger charge is 2.37. The van der Waals surface area contributed by atoms with Crippen molar-refractivity contribution in [2.75, 3.05) is 26.2 Å². The molecule has 4 heteroatoms. The summed E-state index contributed by atoms with van der Waals surface area (Å²) in [5.41, 5.74) is 0. The molecule has 0 saturated carbocycles. The van der Waals surface area contributed by atoms with Crippen LogP contribution >= 0.6 is 0 Å². The number of fused-ring (bicyclic) bond motifs is 1. The van der Waals surface area contributed by atoms with Crippen molar-refractivity contribution in [2.24, 2.45) is 5.92 Å². The van der Waals surface area contributed by atoms with Crippen LogP contribution in [0.25, 0.3) is 0 Å². The minimum absolute atomic E-state index is 0.133. The number of hydrogen-bond acceptors (Lipinski definition) is 3. The molecular weight excluding hydrogens is 180 g/mol. The number of likely N-dealkylation sites (tertiary alicyclic amines) is 1. The fourth-order valence-electron chi connectivity index (χ4n) is 2.50. The molecule has 80 valence electrons. The Morgan fingerprint density at radius 1 is 1.57 bits per heavy atom. The average Bonchev–Trinajstić information content (AvgIpc) is 2.65. The van der Waals surface area contributed by atoms with Crippen molar-refractivity contribution >= 4 is 6.09 Å². The summed E-state index contributed by atoms with van der Waals surface area (Å²) >= 11 is 0. The fourth-order valence-corrected chi connectivity index (χ4v) is 2.50. The predicted octanol–water partition coefficient (Wildman–Crippen LogP) is 0.827. The molecule has 14 heavy (non-hydrogen) atoms. The lowest BCUT2D eigenvalue weighted by Crippen LogP contribution is -2.48. The standard InChI is InChI=1S/C10H18N2O2/c1-2-14-10(13)12-5-3-4-8-6-11-7-9(8)12/h8-9,11H,2-7H2,1H3/t8-,9+/m1/s1. The molecular formula is C10H18N2O2. The molecule has 0 aliphatic carbocycles. The number of piperidine rings is 1. The zero-order valence-electron chi connectivity index (χ0n) is 8.66. The number of nitrogens with zero attached hydrogens (tertiary/aromatic N) is 1. The maximum atomic E-state index is 11.6. The van der Waals surface area contributed by atoms with Crippen LogP contribution in [0.3, 0.4) is 0 Å². The molecule has 2 aliphatic rings. The Hall–Kier alpha value is -0.770. The van der Waals surface area contributed by atoms with Crippen LogP contribution in [0.4, 0.5) is 4.79 Å². The molecule has 4 nitrogen and oxygen atoms in total.